The Morgan fingerprint density at radius 2 is 1.96 bits per heavy atom. The molecule has 0 saturated carbocycles. The fourth-order valence-electron chi connectivity index (χ4n) is 2.14. The number of hydrogen-bond donors (Lipinski definition) is 1. The van der Waals surface area contributed by atoms with Crippen LogP contribution in [0.4, 0.5) is 5.69 Å². The number of rotatable bonds is 5. The zero-order chi connectivity index (χ0) is 18.7. The SMILES string of the molecule is Cc1ccc(-n2cnnc2SCC(=O)Nc2cc(Cl)ccc2Cl)cc1Cl. The molecule has 0 bridgehead atoms. The molecule has 1 aromatic heterocycles. The van der Waals surface area contributed by atoms with Crippen LogP contribution in [0, 0.1) is 6.92 Å². The standard InChI is InChI=1S/C17H13Cl3N4OS/c1-10-2-4-12(7-14(10)20)24-9-21-23-17(24)26-8-16(25)22-15-6-11(18)3-5-13(15)19/h2-7,9H,8H2,1H3,(H,22,25). The number of aryl methyl sites for hydroxylation is 1. The van der Waals surface area contributed by atoms with Crippen LogP contribution < -0.4 is 5.32 Å². The summed E-state index contributed by atoms with van der Waals surface area (Å²) in [6.45, 7) is 1.93. The van der Waals surface area contributed by atoms with Gasteiger partial charge < -0.3 is 5.32 Å². The highest BCUT2D eigenvalue weighted by Crippen LogP contribution is 2.27. The lowest BCUT2D eigenvalue weighted by Crippen LogP contribution is -2.14. The minimum Gasteiger partial charge on any atom is -0.324 e. The average molecular weight is 428 g/mol. The molecule has 0 aliphatic heterocycles. The molecule has 0 aliphatic carbocycles. The molecular weight excluding hydrogens is 415 g/mol. The lowest BCUT2D eigenvalue weighted by atomic mass is 10.2. The molecule has 1 N–H and O–H groups in total. The summed E-state index contributed by atoms with van der Waals surface area (Å²) in [5.74, 6) is -0.0862. The summed E-state index contributed by atoms with van der Waals surface area (Å²) >= 11 is 19.4. The molecule has 5 nitrogen and oxygen atoms in total. The van der Waals surface area contributed by atoms with Crippen LogP contribution >= 0.6 is 46.6 Å². The first-order valence-corrected chi connectivity index (χ1v) is 9.60. The molecule has 9 heteroatoms. The van der Waals surface area contributed by atoms with Gasteiger partial charge in [-0.05, 0) is 42.8 Å². The number of benzene rings is 2. The minimum atomic E-state index is -0.226. The monoisotopic (exact) mass is 426 g/mol. The molecule has 0 unspecified atom stereocenters. The normalized spacial score (nSPS) is 10.8. The highest BCUT2D eigenvalue weighted by molar-refractivity contribution is 7.99. The van der Waals surface area contributed by atoms with E-state index in [0.717, 1.165) is 11.3 Å². The molecule has 0 atom stereocenters. The van der Waals surface area contributed by atoms with Gasteiger partial charge in [0, 0.05) is 10.0 Å². The third kappa shape index (κ3) is 4.51. The zero-order valence-corrected chi connectivity index (χ0v) is 16.6. The molecular formula is C17H13Cl3N4OS. The first kappa shape index (κ1) is 19.0. The maximum Gasteiger partial charge on any atom is 0.234 e. The number of amides is 1. The van der Waals surface area contributed by atoms with Crippen molar-refractivity contribution in [3.63, 3.8) is 0 Å². The van der Waals surface area contributed by atoms with Crippen LogP contribution in [0.2, 0.25) is 15.1 Å². The van der Waals surface area contributed by atoms with E-state index in [9.17, 15) is 4.79 Å². The number of thioether (sulfide) groups is 1. The van der Waals surface area contributed by atoms with E-state index in [-0.39, 0.29) is 11.7 Å². The number of carbonyl (C=O) groups is 1. The first-order valence-electron chi connectivity index (χ1n) is 7.48. The second kappa shape index (κ2) is 8.31. The van der Waals surface area contributed by atoms with Crippen LogP contribution in [0.1, 0.15) is 5.56 Å². The number of nitrogens with one attached hydrogen (secondary N) is 1. The largest absolute Gasteiger partial charge is 0.324 e. The summed E-state index contributed by atoms with van der Waals surface area (Å²) < 4.78 is 1.77. The number of nitrogens with zero attached hydrogens (tertiary/aromatic N) is 3. The van der Waals surface area contributed by atoms with E-state index < -0.39 is 0 Å². The summed E-state index contributed by atoms with van der Waals surface area (Å²) in [5.41, 5.74) is 2.28. The number of hydrogen-bond acceptors (Lipinski definition) is 4. The van der Waals surface area contributed by atoms with Gasteiger partial charge >= 0.3 is 0 Å². The molecule has 1 amide bonds. The summed E-state index contributed by atoms with van der Waals surface area (Å²) in [6.07, 6.45) is 1.58. The second-order valence-corrected chi connectivity index (χ2v) is 7.57. The van der Waals surface area contributed by atoms with Crippen molar-refractivity contribution in [1.82, 2.24) is 14.8 Å². The molecule has 3 rings (SSSR count). The van der Waals surface area contributed by atoms with Crippen LogP contribution in [0.15, 0.2) is 47.9 Å². The molecule has 134 valence electrons. The van der Waals surface area contributed by atoms with Crippen molar-refractivity contribution in [3.8, 4) is 5.69 Å². The first-order chi connectivity index (χ1) is 12.4. The van der Waals surface area contributed by atoms with Crippen molar-refractivity contribution in [1.29, 1.82) is 0 Å². The van der Waals surface area contributed by atoms with E-state index in [0.29, 0.717) is 25.9 Å². The van der Waals surface area contributed by atoms with Gasteiger partial charge in [0.05, 0.1) is 22.2 Å². The number of halogens is 3. The van der Waals surface area contributed by atoms with Gasteiger partial charge in [0.25, 0.3) is 0 Å². The molecule has 0 fully saturated rings. The third-order valence-corrected chi connectivity index (χ3v) is 5.40. The van der Waals surface area contributed by atoms with Gasteiger partial charge in [0.15, 0.2) is 5.16 Å². The van der Waals surface area contributed by atoms with Gasteiger partial charge in [0.1, 0.15) is 6.33 Å². The Hall–Kier alpha value is -1.73. The molecule has 0 saturated heterocycles. The second-order valence-electron chi connectivity index (χ2n) is 5.38. The summed E-state index contributed by atoms with van der Waals surface area (Å²) in [6, 6.07) is 10.5. The zero-order valence-electron chi connectivity index (χ0n) is 13.5. The van der Waals surface area contributed by atoms with Crippen molar-refractivity contribution < 1.29 is 4.79 Å². The van der Waals surface area contributed by atoms with Crippen molar-refractivity contribution in [2.75, 3.05) is 11.1 Å². The fraction of sp³-hybridized carbons (Fsp3) is 0.118. The predicted octanol–water partition coefficient (Wildman–Crippen LogP) is 5.27. The predicted molar refractivity (Wildman–Crippen MR) is 107 cm³/mol. The topological polar surface area (TPSA) is 59.8 Å². The number of carbonyl (C=O) groups excluding carboxylic acids is 1. The molecule has 0 spiro atoms. The smallest absolute Gasteiger partial charge is 0.234 e. The quantitative estimate of drug-likeness (QED) is 0.564. The highest BCUT2D eigenvalue weighted by atomic mass is 35.5. The average Bonchev–Trinajstić information content (AvgIpc) is 3.07. The Morgan fingerprint density at radius 1 is 1.15 bits per heavy atom. The van der Waals surface area contributed by atoms with E-state index in [1.807, 2.05) is 25.1 Å². The minimum absolute atomic E-state index is 0.140. The van der Waals surface area contributed by atoms with E-state index in [1.165, 1.54) is 11.8 Å². The molecule has 0 radical (unpaired) electrons. The Labute approximate surface area is 169 Å². The van der Waals surface area contributed by atoms with Crippen LogP contribution in [0.25, 0.3) is 5.69 Å². The van der Waals surface area contributed by atoms with Crippen molar-refractivity contribution in [2.24, 2.45) is 0 Å². The number of aromatic nitrogens is 3. The number of anilines is 1. The molecule has 2 aromatic carbocycles. The summed E-state index contributed by atoms with van der Waals surface area (Å²) in [5, 5.41) is 12.9. The van der Waals surface area contributed by atoms with Crippen LogP contribution in [0.5, 0.6) is 0 Å². The van der Waals surface area contributed by atoms with Crippen molar-refractivity contribution in [3.05, 3.63) is 63.4 Å². The van der Waals surface area contributed by atoms with E-state index in [2.05, 4.69) is 15.5 Å². The van der Waals surface area contributed by atoms with Gasteiger partial charge in [-0.25, -0.2) is 0 Å². The Bertz CT molecular complexity index is 961. The van der Waals surface area contributed by atoms with Crippen LogP contribution in [-0.2, 0) is 4.79 Å². The Morgan fingerprint density at radius 3 is 2.73 bits per heavy atom. The summed E-state index contributed by atoms with van der Waals surface area (Å²) in [7, 11) is 0. The van der Waals surface area contributed by atoms with E-state index in [4.69, 9.17) is 34.8 Å². The maximum absolute atomic E-state index is 12.2. The van der Waals surface area contributed by atoms with Crippen LogP contribution in [0.3, 0.4) is 0 Å². The van der Waals surface area contributed by atoms with Gasteiger partial charge in [-0.1, -0.05) is 52.6 Å². The van der Waals surface area contributed by atoms with Gasteiger partial charge in [-0.2, -0.15) is 0 Å². The van der Waals surface area contributed by atoms with E-state index >= 15 is 0 Å². The molecule has 0 aliphatic rings. The van der Waals surface area contributed by atoms with Crippen molar-refractivity contribution in [2.45, 2.75) is 12.1 Å². The lowest BCUT2D eigenvalue weighted by molar-refractivity contribution is -0.113. The lowest BCUT2D eigenvalue weighted by Gasteiger charge is -2.09. The third-order valence-electron chi connectivity index (χ3n) is 3.48. The van der Waals surface area contributed by atoms with Gasteiger partial charge in [-0.15, -0.1) is 10.2 Å². The van der Waals surface area contributed by atoms with Gasteiger partial charge in [-0.3, -0.25) is 9.36 Å². The fourth-order valence-corrected chi connectivity index (χ4v) is 3.38. The maximum atomic E-state index is 12.2. The molecule has 26 heavy (non-hydrogen) atoms. The molecule has 3 aromatic rings. The molecule has 1 heterocycles. The van der Waals surface area contributed by atoms with Crippen LogP contribution in [-0.4, -0.2) is 26.4 Å². The Balaban J connectivity index is 1.69. The van der Waals surface area contributed by atoms with E-state index in [1.54, 1.807) is 29.1 Å². The summed E-state index contributed by atoms with van der Waals surface area (Å²) in [4.78, 5) is 12.2. The highest BCUT2D eigenvalue weighted by Gasteiger charge is 2.12. The Kier molecular flexibility index (Phi) is 6.09. The van der Waals surface area contributed by atoms with Crippen molar-refractivity contribution >= 4 is 58.2 Å². The van der Waals surface area contributed by atoms with Gasteiger partial charge in [0.2, 0.25) is 5.91 Å².